The monoisotopic (exact) mass is 290 g/mol. The lowest BCUT2D eigenvalue weighted by atomic mass is 9.76. The zero-order valence-electron chi connectivity index (χ0n) is 12.8. The van der Waals surface area contributed by atoms with Crippen LogP contribution in [0.15, 0.2) is 18.2 Å². The van der Waals surface area contributed by atoms with Crippen LogP contribution in [0.4, 0.5) is 0 Å². The molecular weight excluding hydrogens is 264 g/mol. The summed E-state index contributed by atoms with van der Waals surface area (Å²) in [5.74, 6) is 1.63. The quantitative estimate of drug-likeness (QED) is 0.875. The average Bonchev–Trinajstić information content (AvgIpc) is 2.46. The number of ether oxygens (including phenoxy) is 1. The fourth-order valence-electron chi connectivity index (χ4n) is 3.51. The molecule has 0 spiro atoms. The fourth-order valence-corrected chi connectivity index (χ4v) is 3.51. The van der Waals surface area contributed by atoms with Crippen LogP contribution in [0, 0.1) is 5.92 Å². The Morgan fingerprint density at radius 3 is 2.71 bits per heavy atom. The number of aromatic hydroxyl groups is 1. The maximum absolute atomic E-state index is 10.6. The van der Waals surface area contributed by atoms with E-state index in [-0.39, 0.29) is 0 Å². The lowest BCUT2D eigenvalue weighted by Gasteiger charge is -2.43. The van der Waals surface area contributed by atoms with Gasteiger partial charge in [0.15, 0.2) is 11.5 Å². The van der Waals surface area contributed by atoms with Crippen LogP contribution in [0.5, 0.6) is 11.5 Å². The molecule has 0 unspecified atom stereocenters. The molecule has 1 saturated carbocycles. The van der Waals surface area contributed by atoms with E-state index < -0.39 is 0 Å². The zero-order chi connectivity index (χ0) is 14.7. The van der Waals surface area contributed by atoms with Gasteiger partial charge in [-0.25, -0.2) is 0 Å². The van der Waals surface area contributed by atoms with Crippen molar-refractivity contribution in [3.05, 3.63) is 23.8 Å². The molecule has 1 aromatic rings. The van der Waals surface area contributed by atoms with Crippen LogP contribution in [0.25, 0.3) is 0 Å². The second-order valence-corrected chi connectivity index (χ2v) is 6.05. The first kappa shape index (κ1) is 14.7. The third kappa shape index (κ3) is 3.01. The number of phenolic OH excluding ortho intramolecular Hbond substituents is 1. The molecular formula is C17H26N2O2. The molecule has 0 bridgehead atoms. The van der Waals surface area contributed by atoms with E-state index in [0.29, 0.717) is 30.1 Å². The molecule has 1 aliphatic heterocycles. The molecule has 0 aromatic heterocycles. The summed E-state index contributed by atoms with van der Waals surface area (Å²) >= 11 is 0. The molecule has 21 heavy (non-hydrogen) atoms. The summed E-state index contributed by atoms with van der Waals surface area (Å²) in [5.41, 5.74) is 1.05. The number of phenols is 1. The van der Waals surface area contributed by atoms with Gasteiger partial charge in [-0.1, -0.05) is 18.6 Å². The number of nitrogens with one attached hydrogen (secondary N) is 1. The molecule has 4 nitrogen and oxygen atoms in total. The molecule has 116 valence electrons. The lowest BCUT2D eigenvalue weighted by Crippen LogP contribution is -2.47. The Morgan fingerprint density at radius 1 is 1.33 bits per heavy atom. The highest BCUT2D eigenvalue weighted by atomic mass is 16.5. The van der Waals surface area contributed by atoms with Crippen LogP contribution in [0.3, 0.4) is 0 Å². The minimum absolute atomic E-state index is 0.334. The van der Waals surface area contributed by atoms with Crippen molar-refractivity contribution >= 4 is 0 Å². The van der Waals surface area contributed by atoms with Gasteiger partial charge in [0.2, 0.25) is 0 Å². The van der Waals surface area contributed by atoms with E-state index in [0.717, 1.165) is 31.7 Å². The van der Waals surface area contributed by atoms with Crippen molar-refractivity contribution < 1.29 is 9.84 Å². The first-order valence-corrected chi connectivity index (χ1v) is 8.20. The third-order valence-corrected chi connectivity index (χ3v) is 4.79. The van der Waals surface area contributed by atoms with Gasteiger partial charge in [0.25, 0.3) is 0 Å². The second-order valence-electron chi connectivity index (χ2n) is 6.05. The highest BCUT2D eigenvalue weighted by molar-refractivity contribution is 5.47. The van der Waals surface area contributed by atoms with Crippen LogP contribution in [-0.4, -0.2) is 42.8 Å². The van der Waals surface area contributed by atoms with E-state index in [1.807, 2.05) is 19.1 Å². The van der Waals surface area contributed by atoms with Crippen LogP contribution >= 0.6 is 0 Å². The Kier molecular flexibility index (Phi) is 4.66. The molecule has 0 amide bonds. The lowest BCUT2D eigenvalue weighted by molar-refractivity contribution is 0.0816. The SMILES string of the molecule is CCOc1cccc([C@H](C2CCC2)N2CCNCC2)c1O. The largest absolute Gasteiger partial charge is 0.504 e. The van der Waals surface area contributed by atoms with Gasteiger partial charge in [0.05, 0.1) is 6.61 Å². The molecule has 2 aliphatic rings. The number of benzene rings is 1. The molecule has 1 saturated heterocycles. The van der Waals surface area contributed by atoms with Crippen molar-refractivity contribution in [1.29, 1.82) is 0 Å². The molecule has 0 radical (unpaired) electrons. The summed E-state index contributed by atoms with van der Waals surface area (Å²) in [6.07, 6.45) is 3.86. The number of piperazine rings is 1. The molecule has 3 rings (SSSR count). The molecule has 1 aromatic carbocycles. The van der Waals surface area contributed by atoms with Crippen LogP contribution in [-0.2, 0) is 0 Å². The highest BCUT2D eigenvalue weighted by Gasteiger charge is 2.35. The van der Waals surface area contributed by atoms with Gasteiger partial charge in [0, 0.05) is 37.8 Å². The molecule has 1 atom stereocenters. The van der Waals surface area contributed by atoms with Gasteiger partial charge in [-0.15, -0.1) is 0 Å². The minimum atomic E-state index is 0.334. The fraction of sp³-hybridized carbons (Fsp3) is 0.647. The van der Waals surface area contributed by atoms with E-state index in [2.05, 4.69) is 16.3 Å². The number of rotatable bonds is 5. The van der Waals surface area contributed by atoms with E-state index in [1.165, 1.54) is 19.3 Å². The van der Waals surface area contributed by atoms with Gasteiger partial charge < -0.3 is 15.2 Å². The number of hydrogen-bond acceptors (Lipinski definition) is 4. The third-order valence-electron chi connectivity index (χ3n) is 4.79. The summed E-state index contributed by atoms with van der Waals surface area (Å²) in [4.78, 5) is 2.53. The number of hydrogen-bond donors (Lipinski definition) is 2. The first-order chi connectivity index (χ1) is 10.3. The van der Waals surface area contributed by atoms with Crippen molar-refractivity contribution in [3.63, 3.8) is 0 Å². The van der Waals surface area contributed by atoms with Gasteiger partial charge >= 0.3 is 0 Å². The Bertz CT molecular complexity index is 468. The van der Waals surface area contributed by atoms with Crippen molar-refractivity contribution in [1.82, 2.24) is 10.2 Å². The first-order valence-electron chi connectivity index (χ1n) is 8.20. The molecule has 1 aliphatic carbocycles. The highest BCUT2D eigenvalue weighted by Crippen LogP contribution is 2.46. The maximum atomic E-state index is 10.6. The Labute approximate surface area is 127 Å². The van der Waals surface area contributed by atoms with Gasteiger partial charge in [-0.2, -0.15) is 0 Å². The van der Waals surface area contributed by atoms with Crippen LogP contribution < -0.4 is 10.1 Å². The smallest absolute Gasteiger partial charge is 0.162 e. The van der Waals surface area contributed by atoms with E-state index >= 15 is 0 Å². The summed E-state index contributed by atoms with van der Waals surface area (Å²) in [6, 6.07) is 6.27. The van der Waals surface area contributed by atoms with Crippen LogP contribution in [0.1, 0.15) is 37.8 Å². The molecule has 2 fully saturated rings. The minimum Gasteiger partial charge on any atom is -0.504 e. The van der Waals surface area contributed by atoms with Gasteiger partial charge in [0.1, 0.15) is 0 Å². The van der Waals surface area contributed by atoms with Crippen LogP contribution in [0.2, 0.25) is 0 Å². The average molecular weight is 290 g/mol. The standard InChI is InChI=1S/C17H26N2O2/c1-2-21-15-8-4-7-14(17(15)20)16(13-5-3-6-13)19-11-9-18-10-12-19/h4,7-8,13,16,18,20H,2-3,5-6,9-12H2,1H3/t16-/m0/s1. The van der Waals surface area contributed by atoms with Crippen molar-refractivity contribution in [2.45, 2.75) is 32.2 Å². The van der Waals surface area contributed by atoms with E-state index in [4.69, 9.17) is 4.74 Å². The molecule has 4 heteroatoms. The normalized spacial score (nSPS) is 21.8. The van der Waals surface area contributed by atoms with Gasteiger partial charge in [-0.3, -0.25) is 4.90 Å². The topological polar surface area (TPSA) is 44.7 Å². The summed E-state index contributed by atoms with van der Waals surface area (Å²) in [5, 5.41) is 14.0. The molecule has 1 heterocycles. The zero-order valence-corrected chi connectivity index (χ0v) is 12.8. The van der Waals surface area contributed by atoms with E-state index in [1.54, 1.807) is 0 Å². The summed E-state index contributed by atoms with van der Waals surface area (Å²) < 4.78 is 5.57. The predicted octanol–water partition coefficient (Wildman–Crippen LogP) is 2.54. The summed E-state index contributed by atoms with van der Waals surface area (Å²) in [7, 11) is 0. The molecule has 2 N–H and O–H groups in total. The van der Waals surface area contributed by atoms with Gasteiger partial charge in [-0.05, 0) is 31.7 Å². The Hall–Kier alpha value is -1.26. The van der Waals surface area contributed by atoms with Crippen molar-refractivity contribution in [2.24, 2.45) is 5.92 Å². The van der Waals surface area contributed by atoms with E-state index in [9.17, 15) is 5.11 Å². The Balaban J connectivity index is 1.90. The predicted molar refractivity (Wildman–Crippen MR) is 83.8 cm³/mol. The maximum Gasteiger partial charge on any atom is 0.162 e. The van der Waals surface area contributed by atoms with Crippen molar-refractivity contribution in [2.75, 3.05) is 32.8 Å². The van der Waals surface area contributed by atoms with Crippen molar-refractivity contribution in [3.8, 4) is 11.5 Å². The number of para-hydroxylation sites is 1. The summed E-state index contributed by atoms with van der Waals surface area (Å²) in [6.45, 7) is 6.72. The Morgan fingerprint density at radius 2 is 2.10 bits per heavy atom. The number of nitrogens with zero attached hydrogens (tertiary/aromatic N) is 1. The second kappa shape index (κ2) is 6.67.